The van der Waals surface area contributed by atoms with Gasteiger partial charge in [0.25, 0.3) is 0 Å². The Morgan fingerprint density at radius 2 is 1.45 bits per heavy atom. The largest absolute Gasteiger partial charge is 0.343 e. The molecule has 0 fully saturated rings. The number of carbonyl (C=O) groups excluding carboxylic acids is 1. The van der Waals surface area contributed by atoms with Crippen molar-refractivity contribution in [2.75, 3.05) is 13.1 Å². The second-order valence-electron chi connectivity index (χ2n) is 5.48. The molecule has 0 saturated carbocycles. The fourth-order valence-corrected chi connectivity index (χ4v) is 2.67. The molecule has 0 spiro atoms. The van der Waals surface area contributed by atoms with E-state index in [1.54, 1.807) is 0 Å². The first-order valence-corrected chi connectivity index (χ1v) is 8.16. The molecule has 0 aliphatic carbocycles. The van der Waals surface area contributed by atoms with Gasteiger partial charge in [-0.3, -0.25) is 4.79 Å². The molecule has 0 aromatic heterocycles. The van der Waals surface area contributed by atoms with Crippen LogP contribution in [0.5, 0.6) is 0 Å². The van der Waals surface area contributed by atoms with E-state index in [1.165, 1.54) is 16.7 Å². The smallest absolute Gasteiger partial charge is 0.222 e. The van der Waals surface area contributed by atoms with Gasteiger partial charge in [-0.2, -0.15) is 0 Å². The lowest BCUT2D eigenvalue weighted by atomic mass is 10.0. The zero-order valence-corrected chi connectivity index (χ0v) is 13.6. The van der Waals surface area contributed by atoms with Crippen molar-refractivity contribution >= 4 is 5.91 Å². The molecule has 2 aromatic carbocycles. The molecule has 0 radical (unpaired) electrons. The summed E-state index contributed by atoms with van der Waals surface area (Å²) < 4.78 is 0. The molecule has 1 amide bonds. The number of amides is 1. The number of benzene rings is 2. The Balaban J connectivity index is 1.86. The molecule has 0 unspecified atom stereocenters. The predicted octanol–water partition coefficient (Wildman–Crippen LogP) is 4.54. The van der Waals surface area contributed by atoms with Gasteiger partial charge in [-0.1, -0.05) is 54.6 Å². The molecular weight excluding hydrogens is 270 g/mol. The average Bonchev–Trinajstić information content (AvgIpc) is 2.57. The van der Waals surface area contributed by atoms with Crippen molar-refractivity contribution in [1.82, 2.24) is 4.90 Å². The molecule has 0 atom stereocenters. The van der Waals surface area contributed by atoms with Crippen LogP contribution in [0.4, 0.5) is 0 Å². The van der Waals surface area contributed by atoms with Gasteiger partial charge in [-0.25, -0.2) is 0 Å². The number of hydrogen-bond acceptors (Lipinski definition) is 1. The second kappa shape index (κ2) is 8.38. The molecule has 2 rings (SSSR count). The summed E-state index contributed by atoms with van der Waals surface area (Å²) in [6, 6.07) is 19.1. The maximum atomic E-state index is 12.0. The van der Waals surface area contributed by atoms with Crippen molar-refractivity contribution in [3.63, 3.8) is 0 Å². The fraction of sp³-hybridized carbons (Fsp3) is 0.350. The lowest BCUT2D eigenvalue weighted by molar-refractivity contribution is -0.130. The Labute approximate surface area is 133 Å². The van der Waals surface area contributed by atoms with E-state index in [0.717, 1.165) is 25.9 Å². The van der Waals surface area contributed by atoms with E-state index in [4.69, 9.17) is 0 Å². The highest BCUT2D eigenvalue weighted by atomic mass is 16.2. The quantitative estimate of drug-likeness (QED) is 0.734. The molecule has 0 N–H and O–H groups in total. The third-order valence-corrected chi connectivity index (χ3v) is 4.03. The number of nitrogens with zero attached hydrogens (tertiary/aromatic N) is 1. The monoisotopic (exact) mass is 295 g/mol. The standard InChI is InChI=1S/C20H25NO/c1-3-21(4-2)20(22)12-8-9-17-13-15-19(16-14-17)18-10-6-5-7-11-18/h5-7,10-11,13-16H,3-4,8-9,12H2,1-2H3. The van der Waals surface area contributed by atoms with Gasteiger partial charge in [-0.15, -0.1) is 0 Å². The third kappa shape index (κ3) is 4.45. The van der Waals surface area contributed by atoms with Crippen LogP contribution in [-0.4, -0.2) is 23.9 Å². The molecule has 116 valence electrons. The lowest BCUT2D eigenvalue weighted by Crippen LogP contribution is -2.30. The van der Waals surface area contributed by atoms with E-state index in [-0.39, 0.29) is 5.91 Å². The molecule has 0 heterocycles. The van der Waals surface area contributed by atoms with Crippen LogP contribution in [0.25, 0.3) is 11.1 Å². The predicted molar refractivity (Wildman–Crippen MR) is 92.7 cm³/mol. The Morgan fingerprint density at radius 3 is 2.05 bits per heavy atom. The third-order valence-electron chi connectivity index (χ3n) is 4.03. The molecule has 2 heteroatoms. The second-order valence-corrected chi connectivity index (χ2v) is 5.48. The Bertz CT molecular complexity index is 570. The Morgan fingerprint density at radius 1 is 0.864 bits per heavy atom. The molecule has 0 aliphatic rings. The van der Waals surface area contributed by atoms with Gasteiger partial charge >= 0.3 is 0 Å². The number of hydrogen-bond donors (Lipinski definition) is 0. The summed E-state index contributed by atoms with van der Waals surface area (Å²) >= 11 is 0. The van der Waals surface area contributed by atoms with E-state index in [0.29, 0.717) is 6.42 Å². The zero-order valence-electron chi connectivity index (χ0n) is 13.6. The minimum absolute atomic E-state index is 0.269. The van der Waals surface area contributed by atoms with Crippen LogP contribution >= 0.6 is 0 Å². The van der Waals surface area contributed by atoms with Crippen LogP contribution in [0.2, 0.25) is 0 Å². The minimum Gasteiger partial charge on any atom is -0.343 e. The summed E-state index contributed by atoms with van der Waals surface area (Å²) in [6.07, 6.45) is 2.52. The van der Waals surface area contributed by atoms with Crippen molar-refractivity contribution in [2.24, 2.45) is 0 Å². The van der Waals surface area contributed by atoms with Crippen molar-refractivity contribution < 1.29 is 4.79 Å². The van der Waals surface area contributed by atoms with Crippen LogP contribution in [0.15, 0.2) is 54.6 Å². The molecule has 0 saturated heterocycles. The summed E-state index contributed by atoms with van der Waals surface area (Å²) in [5, 5.41) is 0. The summed E-state index contributed by atoms with van der Waals surface area (Å²) in [6.45, 7) is 5.68. The Kier molecular flexibility index (Phi) is 6.20. The van der Waals surface area contributed by atoms with E-state index in [1.807, 2.05) is 24.8 Å². The maximum Gasteiger partial charge on any atom is 0.222 e. The summed E-state index contributed by atoms with van der Waals surface area (Å²) in [7, 11) is 0. The van der Waals surface area contributed by atoms with Crippen LogP contribution in [0.3, 0.4) is 0 Å². The minimum atomic E-state index is 0.269. The topological polar surface area (TPSA) is 20.3 Å². The normalized spacial score (nSPS) is 10.5. The van der Waals surface area contributed by atoms with Gasteiger partial charge in [0.15, 0.2) is 0 Å². The summed E-state index contributed by atoms with van der Waals surface area (Å²) in [5.74, 6) is 0.269. The molecule has 2 nitrogen and oxygen atoms in total. The lowest BCUT2D eigenvalue weighted by Gasteiger charge is -2.18. The van der Waals surface area contributed by atoms with E-state index in [9.17, 15) is 4.79 Å². The van der Waals surface area contributed by atoms with Gasteiger partial charge in [0, 0.05) is 19.5 Å². The van der Waals surface area contributed by atoms with Gasteiger partial charge in [-0.05, 0) is 43.4 Å². The highest BCUT2D eigenvalue weighted by Crippen LogP contribution is 2.19. The first-order chi connectivity index (χ1) is 10.7. The van der Waals surface area contributed by atoms with Gasteiger partial charge in [0.1, 0.15) is 0 Å². The van der Waals surface area contributed by atoms with Gasteiger partial charge in [0.05, 0.1) is 0 Å². The summed E-state index contributed by atoms with van der Waals surface area (Å²) in [5.41, 5.74) is 3.78. The average molecular weight is 295 g/mol. The van der Waals surface area contributed by atoms with E-state index < -0.39 is 0 Å². The van der Waals surface area contributed by atoms with Crippen LogP contribution < -0.4 is 0 Å². The Hall–Kier alpha value is -2.09. The van der Waals surface area contributed by atoms with Crippen LogP contribution in [0.1, 0.15) is 32.3 Å². The highest BCUT2D eigenvalue weighted by molar-refractivity contribution is 5.76. The molecule has 0 bridgehead atoms. The fourth-order valence-electron chi connectivity index (χ4n) is 2.67. The van der Waals surface area contributed by atoms with E-state index >= 15 is 0 Å². The maximum absolute atomic E-state index is 12.0. The first-order valence-electron chi connectivity index (χ1n) is 8.16. The van der Waals surface area contributed by atoms with Crippen molar-refractivity contribution in [3.8, 4) is 11.1 Å². The van der Waals surface area contributed by atoms with E-state index in [2.05, 4.69) is 48.5 Å². The number of aryl methyl sites for hydroxylation is 1. The number of carbonyl (C=O) groups is 1. The number of rotatable bonds is 7. The summed E-state index contributed by atoms with van der Waals surface area (Å²) in [4.78, 5) is 13.9. The van der Waals surface area contributed by atoms with Crippen molar-refractivity contribution in [1.29, 1.82) is 0 Å². The van der Waals surface area contributed by atoms with Crippen molar-refractivity contribution in [2.45, 2.75) is 33.1 Å². The van der Waals surface area contributed by atoms with Crippen LogP contribution in [0, 0.1) is 0 Å². The molecule has 22 heavy (non-hydrogen) atoms. The SMILES string of the molecule is CCN(CC)C(=O)CCCc1ccc(-c2ccccc2)cc1. The molecular formula is C20H25NO. The van der Waals surface area contributed by atoms with Gasteiger partial charge < -0.3 is 4.90 Å². The van der Waals surface area contributed by atoms with Gasteiger partial charge in [0.2, 0.25) is 5.91 Å². The zero-order chi connectivity index (χ0) is 15.8. The molecule has 0 aliphatic heterocycles. The molecule has 2 aromatic rings. The van der Waals surface area contributed by atoms with Crippen LogP contribution in [-0.2, 0) is 11.2 Å². The van der Waals surface area contributed by atoms with Crippen molar-refractivity contribution in [3.05, 3.63) is 60.2 Å². The highest BCUT2D eigenvalue weighted by Gasteiger charge is 2.08. The first kappa shape index (κ1) is 16.3.